The Balaban J connectivity index is 2.11. The Kier molecular flexibility index (Phi) is 2.02. The van der Waals surface area contributed by atoms with Crippen molar-refractivity contribution in [1.29, 1.82) is 0 Å². The van der Waals surface area contributed by atoms with E-state index in [9.17, 15) is 4.79 Å². The van der Waals surface area contributed by atoms with Gasteiger partial charge in [-0.1, -0.05) is 0 Å². The molecule has 0 spiro atoms. The lowest BCUT2D eigenvalue weighted by molar-refractivity contribution is -0.124. The minimum atomic E-state index is -0.165. The van der Waals surface area contributed by atoms with Gasteiger partial charge in [0, 0.05) is 26.2 Å². The van der Waals surface area contributed by atoms with E-state index in [2.05, 4.69) is 9.80 Å². The van der Waals surface area contributed by atoms with Crippen LogP contribution in [0, 0.1) is 0 Å². The van der Waals surface area contributed by atoms with Crippen molar-refractivity contribution >= 4 is 5.91 Å². The summed E-state index contributed by atoms with van der Waals surface area (Å²) in [7, 11) is 0. The first kappa shape index (κ1) is 8.01. The number of hydrogen-bond donors (Lipinski definition) is 1. The molecule has 4 heteroatoms. The van der Waals surface area contributed by atoms with E-state index in [1.807, 2.05) is 0 Å². The van der Waals surface area contributed by atoms with Gasteiger partial charge in [0.05, 0.1) is 0 Å². The van der Waals surface area contributed by atoms with Gasteiger partial charge in [-0.05, 0) is 13.0 Å². The molecule has 3 saturated heterocycles. The molecule has 3 aliphatic heterocycles. The van der Waals surface area contributed by atoms with Gasteiger partial charge in [0.2, 0.25) is 5.91 Å². The molecular weight excluding hydrogens is 154 g/mol. The Morgan fingerprint density at radius 2 is 2.08 bits per heavy atom. The molecule has 0 aromatic rings. The first-order valence-electron chi connectivity index (χ1n) is 4.53. The SMILES string of the molecule is NC(=O)C1CN2CCCN1CC2. The quantitative estimate of drug-likeness (QED) is 0.540. The van der Waals surface area contributed by atoms with Crippen LogP contribution in [0.4, 0.5) is 0 Å². The van der Waals surface area contributed by atoms with Crippen LogP contribution >= 0.6 is 0 Å². The van der Waals surface area contributed by atoms with Crippen LogP contribution in [-0.2, 0) is 4.79 Å². The Bertz CT molecular complexity index is 191. The molecule has 0 saturated carbocycles. The van der Waals surface area contributed by atoms with Gasteiger partial charge >= 0.3 is 0 Å². The molecule has 12 heavy (non-hydrogen) atoms. The van der Waals surface area contributed by atoms with Crippen molar-refractivity contribution in [3.8, 4) is 0 Å². The zero-order valence-electron chi connectivity index (χ0n) is 7.20. The van der Waals surface area contributed by atoms with Crippen molar-refractivity contribution in [2.45, 2.75) is 12.5 Å². The number of hydrogen-bond acceptors (Lipinski definition) is 3. The van der Waals surface area contributed by atoms with Gasteiger partial charge in [-0.3, -0.25) is 14.6 Å². The highest BCUT2D eigenvalue weighted by Gasteiger charge is 2.32. The molecule has 0 aromatic heterocycles. The van der Waals surface area contributed by atoms with Crippen LogP contribution in [-0.4, -0.2) is 54.5 Å². The van der Waals surface area contributed by atoms with Gasteiger partial charge in [0.1, 0.15) is 6.04 Å². The second kappa shape index (κ2) is 3.03. The van der Waals surface area contributed by atoms with Crippen LogP contribution in [0.2, 0.25) is 0 Å². The third-order valence-corrected chi connectivity index (χ3v) is 2.82. The third kappa shape index (κ3) is 1.32. The summed E-state index contributed by atoms with van der Waals surface area (Å²) in [5.41, 5.74) is 5.32. The lowest BCUT2D eigenvalue weighted by Crippen LogP contribution is -2.55. The Morgan fingerprint density at radius 3 is 2.83 bits per heavy atom. The zero-order chi connectivity index (χ0) is 8.55. The van der Waals surface area contributed by atoms with E-state index in [4.69, 9.17) is 5.73 Å². The van der Waals surface area contributed by atoms with Gasteiger partial charge in [0.15, 0.2) is 0 Å². The minimum Gasteiger partial charge on any atom is -0.368 e. The molecule has 4 nitrogen and oxygen atoms in total. The van der Waals surface area contributed by atoms with E-state index >= 15 is 0 Å². The summed E-state index contributed by atoms with van der Waals surface area (Å²) in [6.45, 7) is 5.11. The van der Waals surface area contributed by atoms with Crippen molar-refractivity contribution in [3.63, 3.8) is 0 Å². The molecule has 3 rings (SSSR count). The number of rotatable bonds is 1. The van der Waals surface area contributed by atoms with E-state index in [-0.39, 0.29) is 11.9 Å². The number of amides is 1. The average Bonchev–Trinajstić information content (AvgIpc) is 2.36. The molecule has 0 radical (unpaired) electrons. The normalized spacial score (nSPS) is 40.8. The lowest BCUT2D eigenvalue weighted by Gasteiger charge is -2.35. The van der Waals surface area contributed by atoms with Crippen LogP contribution < -0.4 is 5.73 Å². The van der Waals surface area contributed by atoms with Gasteiger partial charge in [-0.2, -0.15) is 0 Å². The first-order valence-corrected chi connectivity index (χ1v) is 4.53. The summed E-state index contributed by atoms with van der Waals surface area (Å²) in [5.74, 6) is -0.165. The summed E-state index contributed by atoms with van der Waals surface area (Å²) in [6, 6.07) is -0.0266. The number of fused-ring (bicyclic) bond motifs is 4. The highest BCUT2D eigenvalue weighted by atomic mass is 16.1. The number of carbonyl (C=O) groups excluding carboxylic acids is 1. The Labute approximate surface area is 72.3 Å². The summed E-state index contributed by atoms with van der Waals surface area (Å²) in [4.78, 5) is 15.6. The number of primary amides is 1. The summed E-state index contributed by atoms with van der Waals surface area (Å²) >= 11 is 0. The van der Waals surface area contributed by atoms with Gasteiger partial charge in [-0.25, -0.2) is 0 Å². The smallest absolute Gasteiger partial charge is 0.236 e. The molecule has 3 fully saturated rings. The maximum Gasteiger partial charge on any atom is 0.236 e. The van der Waals surface area contributed by atoms with Gasteiger partial charge in [0.25, 0.3) is 0 Å². The maximum absolute atomic E-state index is 11.1. The molecule has 0 aliphatic carbocycles. The lowest BCUT2D eigenvalue weighted by atomic mass is 10.2. The second-order valence-electron chi connectivity index (χ2n) is 3.61. The minimum absolute atomic E-state index is 0.0266. The van der Waals surface area contributed by atoms with Crippen molar-refractivity contribution in [2.75, 3.05) is 32.7 Å². The molecule has 68 valence electrons. The fourth-order valence-electron chi connectivity index (χ4n) is 2.12. The highest BCUT2D eigenvalue weighted by Crippen LogP contribution is 2.14. The molecule has 0 aromatic carbocycles. The molecule has 3 atom stereocenters. The highest BCUT2D eigenvalue weighted by molar-refractivity contribution is 5.80. The monoisotopic (exact) mass is 169 g/mol. The molecule has 1 amide bonds. The topological polar surface area (TPSA) is 49.6 Å². The van der Waals surface area contributed by atoms with Crippen molar-refractivity contribution in [2.24, 2.45) is 5.73 Å². The number of piperazine rings is 1. The number of carbonyl (C=O) groups is 1. The molecule has 3 aliphatic rings. The second-order valence-corrected chi connectivity index (χ2v) is 3.61. The van der Waals surface area contributed by atoms with E-state index in [0.29, 0.717) is 0 Å². The fourth-order valence-corrected chi connectivity index (χ4v) is 2.12. The van der Waals surface area contributed by atoms with E-state index in [0.717, 1.165) is 32.7 Å². The van der Waals surface area contributed by atoms with E-state index in [1.54, 1.807) is 0 Å². The van der Waals surface area contributed by atoms with E-state index in [1.165, 1.54) is 6.42 Å². The van der Waals surface area contributed by atoms with Crippen molar-refractivity contribution < 1.29 is 4.79 Å². The summed E-state index contributed by atoms with van der Waals surface area (Å²) in [6.07, 6.45) is 1.17. The standard InChI is InChI=1S/C8H15N3O/c9-8(12)7-6-10-2-1-3-11(7)5-4-10/h7H,1-6H2,(H2,9,12). The largest absolute Gasteiger partial charge is 0.368 e. The van der Waals surface area contributed by atoms with Gasteiger partial charge < -0.3 is 5.73 Å². The molecule has 3 heterocycles. The molecule has 3 unspecified atom stereocenters. The molecule has 2 bridgehead atoms. The van der Waals surface area contributed by atoms with Crippen LogP contribution in [0.15, 0.2) is 0 Å². The first-order chi connectivity index (χ1) is 5.77. The van der Waals surface area contributed by atoms with E-state index < -0.39 is 0 Å². The Hall–Kier alpha value is -0.610. The predicted molar refractivity (Wildman–Crippen MR) is 45.6 cm³/mol. The van der Waals surface area contributed by atoms with Gasteiger partial charge in [-0.15, -0.1) is 0 Å². The molecule has 2 N–H and O–H groups in total. The zero-order valence-corrected chi connectivity index (χ0v) is 7.20. The maximum atomic E-state index is 11.1. The van der Waals surface area contributed by atoms with Crippen LogP contribution in [0.1, 0.15) is 6.42 Å². The van der Waals surface area contributed by atoms with Crippen LogP contribution in [0.25, 0.3) is 0 Å². The fraction of sp³-hybridized carbons (Fsp3) is 0.875. The van der Waals surface area contributed by atoms with Crippen LogP contribution in [0.5, 0.6) is 0 Å². The Morgan fingerprint density at radius 1 is 1.25 bits per heavy atom. The summed E-state index contributed by atoms with van der Waals surface area (Å²) < 4.78 is 0. The number of nitrogens with two attached hydrogens (primary N) is 1. The van der Waals surface area contributed by atoms with Crippen LogP contribution in [0.3, 0.4) is 0 Å². The predicted octanol–water partition coefficient (Wildman–Crippen LogP) is -1.14. The molecular formula is C8H15N3O. The number of nitrogens with zero attached hydrogens (tertiary/aromatic N) is 2. The van der Waals surface area contributed by atoms with Crippen molar-refractivity contribution in [1.82, 2.24) is 9.80 Å². The van der Waals surface area contributed by atoms with Crippen molar-refractivity contribution in [3.05, 3.63) is 0 Å². The third-order valence-electron chi connectivity index (χ3n) is 2.82. The summed E-state index contributed by atoms with van der Waals surface area (Å²) in [5, 5.41) is 0. The average molecular weight is 169 g/mol.